The molecule has 2 amide bonds. The van der Waals surface area contributed by atoms with Gasteiger partial charge in [-0.3, -0.25) is 0 Å². The number of hydrogen-bond donors (Lipinski definition) is 2. The van der Waals surface area contributed by atoms with Crippen molar-refractivity contribution in [2.45, 2.75) is 0 Å². The summed E-state index contributed by atoms with van der Waals surface area (Å²) in [7, 11) is 0. The van der Waals surface area contributed by atoms with Crippen molar-refractivity contribution in [3.63, 3.8) is 0 Å². The topological polar surface area (TPSA) is 132 Å². The largest absolute Gasteiger partial charge is 0.447 e. The van der Waals surface area contributed by atoms with Crippen LogP contribution in [0.15, 0.2) is 0 Å². The zero-order valence-corrected chi connectivity index (χ0v) is 10.7. The van der Waals surface area contributed by atoms with E-state index in [1.165, 1.54) is 0 Å². The number of primary amides is 2. The average molecular weight is 280 g/mol. The van der Waals surface area contributed by atoms with Gasteiger partial charge in [-0.1, -0.05) is 0 Å². The summed E-state index contributed by atoms with van der Waals surface area (Å²) >= 11 is 0. The average Bonchev–Trinajstić information content (AvgIpc) is 2.34. The molecule has 0 aliphatic heterocycles. The van der Waals surface area contributed by atoms with E-state index in [9.17, 15) is 9.59 Å². The molecule has 0 aliphatic carbocycles. The number of nitrogens with two attached hydrogens (primary N) is 2. The van der Waals surface area contributed by atoms with E-state index < -0.39 is 12.2 Å². The van der Waals surface area contributed by atoms with Gasteiger partial charge in [-0.25, -0.2) is 9.59 Å². The first-order valence-electron chi connectivity index (χ1n) is 5.70. The molecule has 0 aromatic heterocycles. The number of rotatable bonds is 12. The molecule has 0 saturated carbocycles. The first kappa shape index (κ1) is 17.4. The van der Waals surface area contributed by atoms with Gasteiger partial charge < -0.3 is 35.2 Å². The fourth-order valence-corrected chi connectivity index (χ4v) is 0.944. The minimum absolute atomic E-state index is 0.123. The SMILES string of the molecule is NC(=O)OCCOCCOCCOCCOC(N)=O. The summed E-state index contributed by atoms with van der Waals surface area (Å²) in [4.78, 5) is 20.4. The predicted octanol–water partition coefficient (Wildman–Crippen LogP) is -0.773. The highest BCUT2D eigenvalue weighted by Crippen LogP contribution is 1.83. The normalized spacial score (nSPS) is 10.1. The zero-order chi connectivity index (χ0) is 14.3. The monoisotopic (exact) mass is 280 g/mol. The molecule has 0 aliphatic rings. The summed E-state index contributed by atoms with van der Waals surface area (Å²) in [6.07, 6.45) is -1.64. The predicted molar refractivity (Wildman–Crippen MR) is 63.5 cm³/mol. The Balaban J connectivity index is 2.99. The van der Waals surface area contributed by atoms with Crippen LogP contribution in [0.1, 0.15) is 0 Å². The molecule has 0 saturated heterocycles. The third-order valence-electron chi connectivity index (χ3n) is 1.69. The minimum Gasteiger partial charge on any atom is -0.447 e. The van der Waals surface area contributed by atoms with Crippen molar-refractivity contribution < 1.29 is 33.3 Å². The molecule has 0 aromatic rings. The molecule has 9 nitrogen and oxygen atoms in total. The first-order chi connectivity index (χ1) is 9.13. The zero-order valence-electron chi connectivity index (χ0n) is 10.7. The second-order valence-electron chi connectivity index (χ2n) is 3.17. The Morgan fingerprint density at radius 1 is 0.579 bits per heavy atom. The molecule has 9 heteroatoms. The van der Waals surface area contributed by atoms with Crippen LogP contribution in [0, 0.1) is 0 Å². The molecule has 0 unspecified atom stereocenters. The highest BCUT2D eigenvalue weighted by atomic mass is 16.6. The molecule has 19 heavy (non-hydrogen) atoms. The van der Waals surface area contributed by atoms with Crippen molar-refractivity contribution >= 4 is 12.2 Å². The van der Waals surface area contributed by atoms with Crippen LogP contribution in [0.25, 0.3) is 0 Å². The summed E-state index contributed by atoms with van der Waals surface area (Å²) in [6.45, 7) is 2.35. The van der Waals surface area contributed by atoms with Gasteiger partial charge in [-0.05, 0) is 0 Å². The summed E-state index contributed by atoms with van der Waals surface area (Å²) in [5.41, 5.74) is 9.50. The van der Waals surface area contributed by atoms with Crippen molar-refractivity contribution in [3.05, 3.63) is 0 Å². The van der Waals surface area contributed by atoms with Crippen LogP contribution in [0.5, 0.6) is 0 Å². The van der Waals surface area contributed by atoms with E-state index in [-0.39, 0.29) is 26.4 Å². The van der Waals surface area contributed by atoms with Gasteiger partial charge in [-0.2, -0.15) is 0 Å². The van der Waals surface area contributed by atoms with E-state index in [1.807, 2.05) is 0 Å². The summed E-state index contributed by atoms with van der Waals surface area (Å²) in [6, 6.07) is 0. The smallest absolute Gasteiger partial charge is 0.404 e. The Morgan fingerprint density at radius 3 is 1.11 bits per heavy atom. The molecular formula is C10H20N2O7. The van der Waals surface area contributed by atoms with Crippen LogP contribution >= 0.6 is 0 Å². The number of hydrogen-bond acceptors (Lipinski definition) is 7. The fraction of sp³-hybridized carbons (Fsp3) is 0.800. The Kier molecular flexibility index (Phi) is 11.8. The Bertz CT molecular complexity index is 226. The highest BCUT2D eigenvalue weighted by Gasteiger charge is 1.95. The van der Waals surface area contributed by atoms with Crippen molar-refractivity contribution in [2.75, 3.05) is 52.9 Å². The molecule has 112 valence electrons. The molecular weight excluding hydrogens is 260 g/mol. The molecule has 0 rings (SSSR count). The molecule has 0 aromatic carbocycles. The van der Waals surface area contributed by atoms with E-state index in [1.54, 1.807) is 0 Å². The maximum absolute atomic E-state index is 10.2. The van der Waals surface area contributed by atoms with Gasteiger partial charge in [0.2, 0.25) is 0 Å². The number of amides is 2. The van der Waals surface area contributed by atoms with Crippen molar-refractivity contribution in [1.82, 2.24) is 0 Å². The van der Waals surface area contributed by atoms with Gasteiger partial charge in [0.05, 0.1) is 39.6 Å². The third kappa shape index (κ3) is 16.4. The molecule has 0 atom stereocenters. The number of carbonyl (C=O) groups excluding carboxylic acids is 2. The highest BCUT2D eigenvalue weighted by molar-refractivity contribution is 5.64. The molecule has 4 N–H and O–H groups in total. The Labute approximate surface area is 111 Å². The standard InChI is InChI=1S/C10H20N2O7/c11-9(13)18-7-5-16-3-1-15-2-4-17-6-8-19-10(12)14/h1-8H2,(H2,11,13)(H2,12,14). The van der Waals surface area contributed by atoms with Crippen LogP contribution < -0.4 is 11.5 Å². The lowest BCUT2D eigenvalue weighted by molar-refractivity contribution is 0.000111. The van der Waals surface area contributed by atoms with Crippen molar-refractivity contribution in [3.8, 4) is 0 Å². The van der Waals surface area contributed by atoms with E-state index in [4.69, 9.17) is 25.7 Å². The van der Waals surface area contributed by atoms with Crippen LogP contribution in [0.2, 0.25) is 0 Å². The summed E-state index contributed by atoms with van der Waals surface area (Å²) in [5, 5.41) is 0. The van der Waals surface area contributed by atoms with Gasteiger partial charge in [-0.15, -0.1) is 0 Å². The van der Waals surface area contributed by atoms with Gasteiger partial charge >= 0.3 is 12.2 Å². The van der Waals surface area contributed by atoms with Gasteiger partial charge in [0, 0.05) is 0 Å². The lowest BCUT2D eigenvalue weighted by Crippen LogP contribution is -2.18. The van der Waals surface area contributed by atoms with Crippen LogP contribution in [0.3, 0.4) is 0 Å². The van der Waals surface area contributed by atoms with Crippen LogP contribution in [-0.4, -0.2) is 65.0 Å². The molecule has 0 bridgehead atoms. The quantitative estimate of drug-likeness (QED) is 0.448. The van der Waals surface area contributed by atoms with Gasteiger partial charge in [0.25, 0.3) is 0 Å². The van der Waals surface area contributed by atoms with E-state index in [2.05, 4.69) is 9.47 Å². The van der Waals surface area contributed by atoms with Crippen molar-refractivity contribution in [2.24, 2.45) is 11.5 Å². The molecule has 0 fully saturated rings. The second kappa shape index (κ2) is 12.9. The second-order valence-corrected chi connectivity index (χ2v) is 3.17. The van der Waals surface area contributed by atoms with E-state index >= 15 is 0 Å². The third-order valence-corrected chi connectivity index (χ3v) is 1.69. The van der Waals surface area contributed by atoms with Crippen molar-refractivity contribution in [1.29, 1.82) is 0 Å². The minimum atomic E-state index is -0.822. The van der Waals surface area contributed by atoms with E-state index in [0.29, 0.717) is 26.4 Å². The summed E-state index contributed by atoms with van der Waals surface area (Å²) in [5.74, 6) is 0. The fourth-order valence-electron chi connectivity index (χ4n) is 0.944. The van der Waals surface area contributed by atoms with Crippen LogP contribution in [0.4, 0.5) is 9.59 Å². The molecule has 0 heterocycles. The molecule has 0 radical (unpaired) electrons. The lowest BCUT2D eigenvalue weighted by atomic mass is 10.7. The first-order valence-corrected chi connectivity index (χ1v) is 5.70. The maximum Gasteiger partial charge on any atom is 0.404 e. The van der Waals surface area contributed by atoms with Crippen LogP contribution in [-0.2, 0) is 23.7 Å². The molecule has 0 spiro atoms. The number of carbonyl (C=O) groups is 2. The summed E-state index contributed by atoms with van der Waals surface area (Å²) < 4.78 is 24.2. The van der Waals surface area contributed by atoms with Gasteiger partial charge in [0.1, 0.15) is 13.2 Å². The maximum atomic E-state index is 10.2. The van der Waals surface area contributed by atoms with Gasteiger partial charge in [0.15, 0.2) is 0 Å². The van der Waals surface area contributed by atoms with E-state index in [0.717, 1.165) is 0 Å². The lowest BCUT2D eigenvalue weighted by Gasteiger charge is -2.06. The Hall–Kier alpha value is -1.58. The number of ether oxygens (including phenoxy) is 5. The Morgan fingerprint density at radius 2 is 0.842 bits per heavy atom.